The molecule has 110 valence electrons. The zero-order chi connectivity index (χ0) is 19.6. The molecule has 0 aromatic heterocycles. The Hall–Kier alpha value is -1.29. The molecule has 20 heavy (non-hydrogen) atoms. The van der Waals surface area contributed by atoms with E-state index in [-0.39, 0.29) is 19.0 Å². The molecular formula is C16H22ClNO2. The Bertz CT molecular complexity index is 732. The van der Waals surface area contributed by atoms with Gasteiger partial charge >= 0.3 is 0 Å². The molecule has 0 fully saturated rings. The minimum Gasteiger partial charge on any atom is -0.490 e. The molecule has 1 atom stereocenters. The van der Waals surface area contributed by atoms with Crippen LogP contribution in [-0.2, 0) is 0 Å². The Labute approximate surface area is 136 Å². The Morgan fingerprint density at radius 3 is 2.80 bits per heavy atom. The van der Waals surface area contributed by atoms with E-state index < -0.39 is 32.4 Å². The molecule has 4 heteroatoms. The SMILES string of the molecule is Cl.[2H]C([2H])([2H])C([2H])(NCC(O)COc1cccc2ccccc12)C([2H])([2H])[2H]. The molecule has 0 saturated carbocycles. The van der Waals surface area contributed by atoms with Gasteiger partial charge in [0.25, 0.3) is 0 Å². The number of rotatable bonds is 6. The Morgan fingerprint density at radius 1 is 1.25 bits per heavy atom. The van der Waals surface area contributed by atoms with Crippen molar-refractivity contribution in [3.05, 3.63) is 42.5 Å². The molecule has 0 aliphatic rings. The summed E-state index contributed by atoms with van der Waals surface area (Å²) in [7, 11) is 0. The van der Waals surface area contributed by atoms with Crippen LogP contribution in [0.3, 0.4) is 0 Å². The van der Waals surface area contributed by atoms with Gasteiger partial charge in [0.05, 0.1) is 0 Å². The number of halogens is 1. The molecule has 2 aromatic rings. The topological polar surface area (TPSA) is 41.5 Å². The van der Waals surface area contributed by atoms with Crippen LogP contribution in [0.5, 0.6) is 5.75 Å². The largest absolute Gasteiger partial charge is 0.490 e. The lowest BCUT2D eigenvalue weighted by atomic mass is 10.1. The lowest BCUT2D eigenvalue weighted by Crippen LogP contribution is -2.35. The van der Waals surface area contributed by atoms with Gasteiger partial charge in [-0.25, -0.2) is 0 Å². The number of nitrogens with one attached hydrogen (secondary N) is 1. The van der Waals surface area contributed by atoms with Crippen molar-refractivity contribution in [2.24, 2.45) is 0 Å². The molecule has 0 amide bonds. The second-order valence-corrected chi connectivity index (χ2v) is 4.20. The van der Waals surface area contributed by atoms with Gasteiger partial charge in [0.2, 0.25) is 0 Å². The van der Waals surface area contributed by atoms with Crippen molar-refractivity contribution < 1.29 is 19.4 Å². The van der Waals surface area contributed by atoms with Gasteiger partial charge in [-0.2, -0.15) is 0 Å². The summed E-state index contributed by atoms with van der Waals surface area (Å²) in [4.78, 5) is 0. The third kappa shape index (κ3) is 4.67. The monoisotopic (exact) mass is 302 g/mol. The summed E-state index contributed by atoms with van der Waals surface area (Å²) in [6.45, 7) is -6.77. The van der Waals surface area contributed by atoms with Gasteiger partial charge in [0.1, 0.15) is 18.5 Å². The first-order valence-electron chi connectivity index (χ1n) is 9.49. The van der Waals surface area contributed by atoms with Gasteiger partial charge in [0, 0.05) is 27.5 Å². The maximum Gasteiger partial charge on any atom is 0.127 e. The highest BCUT2D eigenvalue weighted by atomic mass is 35.5. The second-order valence-electron chi connectivity index (χ2n) is 4.20. The average molecular weight is 303 g/mol. The fourth-order valence-electron chi connectivity index (χ4n) is 1.79. The zero-order valence-corrected chi connectivity index (χ0v) is 11.6. The molecule has 2 aromatic carbocycles. The molecule has 0 aliphatic heterocycles. The van der Waals surface area contributed by atoms with E-state index in [4.69, 9.17) is 14.3 Å². The van der Waals surface area contributed by atoms with Gasteiger partial charge in [-0.1, -0.05) is 50.1 Å². The van der Waals surface area contributed by atoms with Crippen molar-refractivity contribution >= 4 is 23.2 Å². The zero-order valence-electron chi connectivity index (χ0n) is 17.8. The van der Waals surface area contributed by atoms with Gasteiger partial charge in [-0.15, -0.1) is 12.4 Å². The van der Waals surface area contributed by atoms with Crippen LogP contribution in [-0.4, -0.2) is 30.4 Å². The Balaban J connectivity index is 0.00000364. The van der Waals surface area contributed by atoms with E-state index in [9.17, 15) is 5.11 Å². The number of aliphatic hydroxyl groups excluding tert-OH is 1. The van der Waals surface area contributed by atoms with E-state index >= 15 is 0 Å². The number of aliphatic hydroxyl groups is 1. The number of hydrogen-bond acceptors (Lipinski definition) is 3. The van der Waals surface area contributed by atoms with Gasteiger partial charge in [0.15, 0.2) is 0 Å². The summed E-state index contributed by atoms with van der Waals surface area (Å²) in [5.41, 5.74) is 0. The molecular weight excluding hydrogens is 274 g/mol. The first-order chi connectivity index (χ1) is 12.0. The normalized spacial score (nSPS) is 19.1. The van der Waals surface area contributed by atoms with Crippen LogP contribution in [0.15, 0.2) is 42.5 Å². The highest BCUT2D eigenvalue weighted by Gasteiger charge is 2.07. The lowest BCUT2D eigenvalue weighted by molar-refractivity contribution is 0.105. The highest BCUT2D eigenvalue weighted by molar-refractivity contribution is 5.88. The van der Waals surface area contributed by atoms with Crippen molar-refractivity contribution in [2.75, 3.05) is 13.2 Å². The molecule has 3 nitrogen and oxygen atoms in total. The smallest absolute Gasteiger partial charge is 0.127 e. The minimum atomic E-state index is -3.09. The first kappa shape index (κ1) is 8.88. The van der Waals surface area contributed by atoms with Gasteiger partial charge < -0.3 is 15.2 Å². The third-order valence-corrected chi connectivity index (χ3v) is 2.70. The van der Waals surface area contributed by atoms with Gasteiger partial charge in [-0.3, -0.25) is 0 Å². The van der Waals surface area contributed by atoms with E-state index in [1.807, 2.05) is 30.3 Å². The fourth-order valence-corrected chi connectivity index (χ4v) is 1.79. The van der Waals surface area contributed by atoms with E-state index in [1.165, 1.54) is 0 Å². The lowest BCUT2D eigenvalue weighted by Gasteiger charge is -2.15. The van der Waals surface area contributed by atoms with Crippen LogP contribution < -0.4 is 10.1 Å². The maximum absolute atomic E-state index is 10.0. The van der Waals surface area contributed by atoms with Crippen LogP contribution in [0, 0.1) is 0 Å². The van der Waals surface area contributed by atoms with Crippen molar-refractivity contribution in [1.29, 1.82) is 0 Å². The quantitative estimate of drug-likeness (QED) is 0.862. The van der Waals surface area contributed by atoms with Crippen LogP contribution in [0.4, 0.5) is 0 Å². The van der Waals surface area contributed by atoms with Crippen molar-refractivity contribution in [3.63, 3.8) is 0 Å². The fraction of sp³-hybridized carbons (Fsp3) is 0.375. The summed E-state index contributed by atoms with van der Waals surface area (Å²) in [6, 6.07) is 10.1. The molecule has 2 rings (SSSR count). The minimum absolute atomic E-state index is 0. The number of ether oxygens (including phenoxy) is 1. The highest BCUT2D eigenvalue weighted by Crippen LogP contribution is 2.25. The van der Waals surface area contributed by atoms with Crippen molar-refractivity contribution in [3.8, 4) is 5.75 Å². The number of fused-ring (bicyclic) bond motifs is 1. The van der Waals surface area contributed by atoms with E-state index in [0.717, 1.165) is 10.8 Å². The van der Waals surface area contributed by atoms with Gasteiger partial charge in [-0.05, 0) is 11.5 Å². The molecule has 0 heterocycles. The summed E-state index contributed by atoms with van der Waals surface area (Å²) in [5.74, 6) is 0.547. The molecule has 0 saturated heterocycles. The maximum atomic E-state index is 10.0. The Kier molecular flexibility index (Phi) is 3.60. The summed E-state index contributed by atoms with van der Waals surface area (Å²) in [6.07, 6.45) is -1.19. The molecule has 2 N–H and O–H groups in total. The van der Waals surface area contributed by atoms with E-state index in [2.05, 4.69) is 5.32 Å². The summed E-state index contributed by atoms with van der Waals surface area (Å²) < 4.78 is 57.4. The van der Waals surface area contributed by atoms with Crippen LogP contribution in [0.2, 0.25) is 0 Å². The van der Waals surface area contributed by atoms with Crippen molar-refractivity contribution in [1.82, 2.24) is 5.32 Å². The molecule has 0 bridgehead atoms. The summed E-state index contributed by atoms with van der Waals surface area (Å²) in [5, 5.41) is 14.0. The second kappa shape index (κ2) is 8.10. The number of hydrogen-bond donors (Lipinski definition) is 2. The molecule has 1 unspecified atom stereocenters. The molecule has 0 spiro atoms. The predicted molar refractivity (Wildman–Crippen MR) is 85.8 cm³/mol. The molecule has 0 radical (unpaired) electrons. The Morgan fingerprint density at radius 2 is 2.00 bits per heavy atom. The standard InChI is InChI=1S/C16H21NO2.ClH/c1-12(2)17-10-14(18)11-19-16-9-5-7-13-6-3-4-8-15(13)16;/h3-9,12,14,17-18H,10-11H2,1-2H3;1H/i1D3,2D3,12D;. The van der Waals surface area contributed by atoms with Crippen LogP contribution in [0.1, 0.15) is 23.3 Å². The van der Waals surface area contributed by atoms with Crippen molar-refractivity contribution in [2.45, 2.75) is 25.8 Å². The summed E-state index contributed by atoms with van der Waals surface area (Å²) >= 11 is 0. The van der Waals surface area contributed by atoms with Crippen LogP contribution >= 0.6 is 12.4 Å². The molecule has 0 aliphatic carbocycles. The number of benzene rings is 2. The van der Waals surface area contributed by atoms with Crippen LogP contribution in [0.25, 0.3) is 10.8 Å². The third-order valence-electron chi connectivity index (χ3n) is 2.70. The average Bonchev–Trinajstić information content (AvgIpc) is 2.55. The van der Waals surface area contributed by atoms with E-state index in [1.54, 1.807) is 12.1 Å². The first-order valence-corrected chi connectivity index (χ1v) is 5.99. The predicted octanol–water partition coefficient (Wildman–Crippen LogP) is 3.00. The van der Waals surface area contributed by atoms with E-state index in [0.29, 0.717) is 5.75 Å².